The first-order valence-corrected chi connectivity index (χ1v) is 7.57. The number of nitrogens with zero attached hydrogens (tertiary/aromatic N) is 1. The van der Waals surface area contributed by atoms with Gasteiger partial charge in [0.2, 0.25) is 0 Å². The summed E-state index contributed by atoms with van der Waals surface area (Å²) in [5, 5.41) is 2.95. The molecule has 21 heavy (non-hydrogen) atoms. The van der Waals surface area contributed by atoms with Gasteiger partial charge in [-0.25, -0.2) is 0 Å². The number of hydrogen-bond acceptors (Lipinski definition) is 3. The molecule has 116 valence electrons. The van der Waals surface area contributed by atoms with Gasteiger partial charge in [0.25, 0.3) is 5.91 Å². The first-order valence-electron chi connectivity index (χ1n) is 7.57. The lowest BCUT2D eigenvalue weighted by Crippen LogP contribution is -2.55. The second-order valence-corrected chi connectivity index (χ2v) is 6.43. The first-order chi connectivity index (χ1) is 9.94. The molecule has 0 radical (unpaired) electrons. The van der Waals surface area contributed by atoms with Gasteiger partial charge >= 0.3 is 0 Å². The minimum absolute atomic E-state index is 0.00509. The summed E-state index contributed by atoms with van der Waals surface area (Å²) < 4.78 is 0. The standard InChI is InChI=1S/C16H25N3O2/c1-12-5-4-7-16(9-12,19(2)3)11-18-15(21)13-10-17-8-6-14(13)20/h6,8,10,12H,4-5,7,9,11H2,1-3H3,(H,17,20)(H,18,21). The molecule has 2 rings (SSSR count). The Balaban J connectivity index is 2.07. The van der Waals surface area contributed by atoms with Crippen LogP contribution in [0.4, 0.5) is 0 Å². The number of likely N-dealkylation sites (N-methyl/N-ethyl adjacent to an activating group) is 1. The first kappa shape index (κ1) is 15.8. The lowest BCUT2D eigenvalue weighted by atomic mass is 9.75. The molecule has 0 saturated heterocycles. The Bertz CT molecular complexity index is 552. The molecule has 2 N–H and O–H groups in total. The fourth-order valence-corrected chi connectivity index (χ4v) is 3.29. The topological polar surface area (TPSA) is 65.2 Å². The smallest absolute Gasteiger partial charge is 0.256 e. The van der Waals surface area contributed by atoms with E-state index in [9.17, 15) is 9.59 Å². The molecule has 1 amide bonds. The monoisotopic (exact) mass is 291 g/mol. The van der Waals surface area contributed by atoms with Crippen LogP contribution in [0.3, 0.4) is 0 Å². The fraction of sp³-hybridized carbons (Fsp3) is 0.625. The fourth-order valence-electron chi connectivity index (χ4n) is 3.29. The number of nitrogens with one attached hydrogen (secondary N) is 2. The van der Waals surface area contributed by atoms with Crippen molar-refractivity contribution >= 4 is 5.91 Å². The average Bonchev–Trinajstić information content (AvgIpc) is 2.45. The van der Waals surface area contributed by atoms with Gasteiger partial charge < -0.3 is 15.2 Å². The van der Waals surface area contributed by atoms with Crippen molar-refractivity contribution < 1.29 is 4.79 Å². The predicted octanol–water partition coefficient (Wildman–Crippen LogP) is 1.62. The number of pyridine rings is 1. The molecule has 2 unspecified atom stereocenters. The summed E-state index contributed by atoms with van der Waals surface area (Å²) >= 11 is 0. The summed E-state index contributed by atoms with van der Waals surface area (Å²) in [5.41, 5.74) is -0.0769. The lowest BCUT2D eigenvalue weighted by Gasteiger charge is -2.45. The third kappa shape index (κ3) is 3.53. The second-order valence-electron chi connectivity index (χ2n) is 6.43. The van der Waals surface area contributed by atoms with Gasteiger partial charge in [-0.15, -0.1) is 0 Å². The summed E-state index contributed by atoms with van der Waals surface area (Å²) in [6.45, 7) is 2.85. The van der Waals surface area contributed by atoms with Crippen molar-refractivity contribution in [3.63, 3.8) is 0 Å². The maximum absolute atomic E-state index is 12.2. The highest BCUT2D eigenvalue weighted by Gasteiger charge is 2.37. The summed E-state index contributed by atoms with van der Waals surface area (Å²) in [7, 11) is 4.14. The van der Waals surface area contributed by atoms with Crippen LogP contribution in [0.5, 0.6) is 0 Å². The average molecular weight is 291 g/mol. The molecule has 1 aliphatic rings. The van der Waals surface area contributed by atoms with Gasteiger partial charge in [-0.1, -0.05) is 19.8 Å². The predicted molar refractivity (Wildman–Crippen MR) is 83.4 cm³/mol. The Morgan fingerprint density at radius 1 is 1.52 bits per heavy atom. The second kappa shape index (κ2) is 6.43. The third-order valence-electron chi connectivity index (χ3n) is 4.66. The molecule has 2 atom stereocenters. The van der Waals surface area contributed by atoms with Gasteiger partial charge in [-0.3, -0.25) is 9.59 Å². The molecule has 1 saturated carbocycles. The van der Waals surface area contributed by atoms with E-state index in [4.69, 9.17) is 0 Å². The molecule has 1 heterocycles. The number of carbonyl (C=O) groups is 1. The van der Waals surface area contributed by atoms with Crippen LogP contribution in [0.15, 0.2) is 23.3 Å². The Kier molecular flexibility index (Phi) is 4.83. The normalized spacial score (nSPS) is 25.8. The quantitative estimate of drug-likeness (QED) is 0.886. The highest BCUT2D eigenvalue weighted by atomic mass is 16.2. The van der Waals surface area contributed by atoms with Crippen LogP contribution in [0, 0.1) is 5.92 Å². The van der Waals surface area contributed by atoms with Crippen molar-refractivity contribution in [2.75, 3.05) is 20.6 Å². The van der Waals surface area contributed by atoms with Gasteiger partial charge in [-0.2, -0.15) is 0 Å². The molecular formula is C16H25N3O2. The Morgan fingerprint density at radius 3 is 2.90 bits per heavy atom. The van der Waals surface area contributed by atoms with E-state index in [2.05, 4.69) is 36.2 Å². The molecule has 1 aliphatic carbocycles. The van der Waals surface area contributed by atoms with E-state index in [1.54, 1.807) is 0 Å². The van der Waals surface area contributed by atoms with Gasteiger partial charge in [0.05, 0.1) is 0 Å². The van der Waals surface area contributed by atoms with Crippen molar-refractivity contribution in [3.05, 3.63) is 34.2 Å². The van der Waals surface area contributed by atoms with Gasteiger partial charge in [0.15, 0.2) is 5.43 Å². The highest BCUT2D eigenvalue weighted by molar-refractivity contribution is 5.93. The van der Waals surface area contributed by atoms with Crippen molar-refractivity contribution in [3.8, 4) is 0 Å². The van der Waals surface area contributed by atoms with Crippen LogP contribution < -0.4 is 10.7 Å². The van der Waals surface area contributed by atoms with Gasteiger partial charge in [0, 0.05) is 30.5 Å². The number of aromatic amines is 1. The van der Waals surface area contributed by atoms with Crippen LogP contribution in [0.2, 0.25) is 0 Å². The number of hydrogen-bond donors (Lipinski definition) is 2. The molecule has 0 bridgehead atoms. The third-order valence-corrected chi connectivity index (χ3v) is 4.66. The summed E-state index contributed by atoms with van der Waals surface area (Å²) in [6.07, 6.45) is 7.58. The zero-order chi connectivity index (χ0) is 15.5. The molecule has 0 spiro atoms. The van der Waals surface area contributed by atoms with Crippen LogP contribution in [0.1, 0.15) is 43.0 Å². The lowest BCUT2D eigenvalue weighted by molar-refractivity contribution is 0.0674. The number of rotatable bonds is 4. The number of H-pyrrole nitrogens is 1. The minimum atomic E-state index is -0.295. The van der Waals surface area contributed by atoms with Crippen molar-refractivity contribution in [2.24, 2.45) is 5.92 Å². The van der Waals surface area contributed by atoms with Crippen molar-refractivity contribution in [2.45, 2.75) is 38.1 Å². The maximum Gasteiger partial charge on any atom is 0.256 e. The zero-order valence-corrected chi connectivity index (χ0v) is 13.1. The van der Waals surface area contributed by atoms with E-state index >= 15 is 0 Å². The van der Waals surface area contributed by atoms with Crippen LogP contribution >= 0.6 is 0 Å². The molecular weight excluding hydrogens is 266 g/mol. The maximum atomic E-state index is 12.2. The molecule has 1 aromatic rings. The van der Waals surface area contributed by atoms with E-state index < -0.39 is 0 Å². The van der Waals surface area contributed by atoms with E-state index in [1.807, 2.05) is 0 Å². The Labute approximate surface area is 125 Å². The van der Waals surface area contributed by atoms with E-state index in [-0.39, 0.29) is 22.4 Å². The van der Waals surface area contributed by atoms with E-state index in [1.165, 1.54) is 31.3 Å². The largest absolute Gasteiger partial charge is 0.367 e. The van der Waals surface area contributed by atoms with Crippen molar-refractivity contribution in [1.29, 1.82) is 0 Å². The van der Waals surface area contributed by atoms with Crippen LogP contribution in [-0.4, -0.2) is 42.0 Å². The van der Waals surface area contributed by atoms with E-state index in [0.29, 0.717) is 12.5 Å². The molecule has 1 fully saturated rings. The van der Waals surface area contributed by atoms with Gasteiger partial charge in [-0.05, 0) is 32.9 Å². The van der Waals surface area contributed by atoms with Crippen LogP contribution in [0.25, 0.3) is 0 Å². The number of amides is 1. The Morgan fingerprint density at radius 2 is 2.29 bits per heavy atom. The summed E-state index contributed by atoms with van der Waals surface area (Å²) in [4.78, 5) is 28.9. The number of aromatic nitrogens is 1. The molecule has 5 heteroatoms. The summed E-state index contributed by atoms with van der Waals surface area (Å²) in [6, 6.07) is 1.37. The zero-order valence-electron chi connectivity index (χ0n) is 13.1. The van der Waals surface area contributed by atoms with Crippen molar-refractivity contribution in [1.82, 2.24) is 15.2 Å². The molecule has 5 nitrogen and oxygen atoms in total. The molecule has 1 aromatic heterocycles. The van der Waals surface area contributed by atoms with Crippen LogP contribution in [-0.2, 0) is 0 Å². The highest BCUT2D eigenvalue weighted by Crippen LogP contribution is 2.35. The minimum Gasteiger partial charge on any atom is -0.367 e. The molecule has 0 aromatic carbocycles. The SMILES string of the molecule is CC1CCCC(CNC(=O)c2c[nH]ccc2=O)(N(C)C)C1. The Hall–Kier alpha value is -1.62. The summed E-state index contributed by atoms with van der Waals surface area (Å²) in [5.74, 6) is 0.370. The molecule has 0 aliphatic heterocycles. The number of carbonyl (C=O) groups excluding carboxylic acids is 1. The van der Waals surface area contributed by atoms with E-state index in [0.717, 1.165) is 12.8 Å². The van der Waals surface area contributed by atoms with Gasteiger partial charge in [0.1, 0.15) is 5.56 Å².